The Hall–Kier alpha value is -0.250. The highest BCUT2D eigenvalue weighted by Gasteiger charge is 2.29. The Balaban J connectivity index is 1.84. The van der Waals surface area contributed by atoms with Gasteiger partial charge in [0.1, 0.15) is 0 Å². The van der Waals surface area contributed by atoms with Crippen LogP contribution in [-0.4, -0.2) is 88.5 Å². The molecule has 0 spiro atoms. The molecule has 0 bridgehead atoms. The Morgan fingerprint density at radius 2 is 1.81 bits per heavy atom. The highest BCUT2D eigenvalue weighted by atomic mass is 32.2. The highest BCUT2D eigenvalue weighted by molar-refractivity contribution is 7.87. The van der Waals surface area contributed by atoms with Crippen LogP contribution >= 0.6 is 0 Å². The van der Waals surface area contributed by atoms with Gasteiger partial charge in [-0.2, -0.15) is 12.7 Å². The van der Waals surface area contributed by atoms with Crippen molar-refractivity contribution in [1.29, 1.82) is 0 Å². The molecule has 0 amide bonds. The van der Waals surface area contributed by atoms with Gasteiger partial charge in [0.15, 0.2) is 0 Å². The fraction of sp³-hybridized carbons (Fsp3) is 1.00. The number of hydrogen-bond donors (Lipinski definition) is 2. The molecule has 21 heavy (non-hydrogen) atoms. The fourth-order valence-corrected chi connectivity index (χ4v) is 4.28. The lowest BCUT2D eigenvalue weighted by molar-refractivity contribution is 0.116. The molecule has 8 heteroatoms. The number of nitrogens with zero attached hydrogens (tertiary/aromatic N) is 3. The minimum atomic E-state index is -3.36. The number of likely N-dealkylation sites (N-methyl/N-ethyl adjacent to an activating group) is 2. The lowest BCUT2D eigenvalue weighted by atomic mass is 9.99. The van der Waals surface area contributed by atoms with E-state index in [1.165, 1.54) is 0 Å². The number of piperazine rings is 1. The average molecular weight is 319 g/mol. The Morgan fingerprint density at radius 3 is 2.43 bits per heavy atom. The van der Waals surface area contributed by atoms with E-state index >= 15 is 0 Å². The molecule has 2 fully saturated rings. The number of nitrogens with two attached hydrogens (primary N) is 1. The van der Waals surface area contributed by atoms with E-state index in [1.54, 1.807) is 4.31 Å². The summed E-state index contributed by atoms with van der Waals surface area (Å²) in [6, 6.07) is 0.236. The summed E-state index contributed by atoms with van der Waals surface area (Å²) in [4.78, 5) is 4.47. The van der Waals surface area contributed by atoms with Crippen molar-refractivity contribution >= 4 is 10.2 Å². The fourth-order valence-electron chi connectivity index (χ4n) is 3.00. The van der Waals surface area contributed by atoms with Crippen molar-refractivity contribution in [3.63, 3.8) is 0 Å². The van der Waals surface area contributed by atoms with Gasteiger partial charge in [-0.05, 0) is 39.4 Å². The molecule has 1 unspecified atom stereocenters. The third-order valence-electron chi connectivity index (χ3n) is 4.73. The minimum absolute atomic E-state index is 0.236. The maximum Gasteiger partial charge on any atom is 0.279 e. The summed E-state index contributed by atoms with van der Waals surface area (Å²) in [6.45, 7) is 5.20. The van der Waals surface area contributed by atoms with Gasteiger partial charge in [-0.1, -0.05) is 0 Å². The topological polar surface area (TPSA) is 81.9 Å². The number of nitrogens with one attached hydrogen (secondary N) is 1. The monoisotopic (exact) mass is 319 g/mol. The van der Waals surface area contributed by atoms with Gasteiger partial charge in [-0.15, -0.1) is 0 Å². The van der Waals surface area contributed by atoms with Crippen molar-refractivity contribution in [2.45, 2.75) is 18.9 Å². The second kappa shape index (κ2) is 7.34. The molecule has 0 aromatic rings. The molecular formula is C13H29N5O2S. The van der Waals surface area contributed by atoms with Crippen LogP contribution in [0.2, 0.25) is 0 Å². The van der Waals surface area contributed by atoms with Crippen LogP contribution in [0, 0.1) is 5.92 Å². The van der Waals surface area contributed by atoms with Crippen LogP contribution in [0.1, 0.15) is 12.8 Å². The smallest absolute Gasteiger partial charge is 0.279 e. The van der Waals surface area contributed by atoms with E-state index in [9.17, 15) is 8.42 Å². The zero-order chi connectivity index (χ0) is 15.5. The molecule has 0 aromatic heterocycles. The third kappa shape index (κ3) is 4.61. The van der Waals surface area contributed by atoms with Gasteiger partial charge in [-0.25, -0.2) is 4.72 Å². The number of piperidine rings is 1. The Kier molecular flexibility index (Phi) is 5.98. The molecule has 0 saturated carbocycles. The summed E-state index contributed by atoms with van der Waals surface area (Å²) >= 11 is 0. The van der Waals surface area contributed by atoms with Crippen LogP contribution in [0.15, 0.2) is 0 Å². The van der Waals surface area contributed by atoms with Gasteiger partial charge in [0.2, 0.25) is 0 Å². The van der Waals surface area contributed by atoms with Crippen molar-refractivity contribution in [2.24, 2.45) is 11.7 Å². The molecule has 0 aromatic carbocycles. The summed E-state index contributed by atoms with van der Waals surface area (Å²) in [5.74, 6) is 0.467. The Bertz CT molecular complexity index is 422. The van der Waals surface area contributed by atoms with E-state index in [0.29, 0.717) is 32.1 Å². The molecule has 2 saturated heterocycles. The standard InChI is InChI=1S/C13H29N5O2S/c1-16-7-8-17(2)13(11-16)10-15-21(19,20)18-5-3-12(9-14)4-6-18/h12-13,15H,3-11,14H2,1-2H3. The zero-order valence-corrected chi connectivity index (χ0v) is 14.0. The highest BCUT2D eigenvalue weighted by Crippen LogP contribution is 2.18. The van der Waals surface area contributed by atoms with Crippen molar-refractivity contribution in [3.05, 3.63) is 0 Å². The first-order chi connectivity index (χ1) is 9.92. The molecule has 2 aliphatic heterocycles. The van der Waals surface area contributed by atoms with Gasteiger partial charge in [-0.3, -0.25) is 4.90 Å². The summed E-state index contributed by atoms with van der Waals surface area (Å²) < 4.78 is 29.1. The van der Waals surface area contributed by atoms with Crippen LogP contribution in [0.3, 0.4) is 0 Å². The van der Waals surface area contributed by atoms with Crippen molar-refractivity contribution in [3.8, 4) is 0 Å². The average Bonchev–Trinajstić information content (AvgIpc) is 2.48. The molecule has 124 valence electrons. The van der Waals surface area contributed by atoms with E-state index in [-0.39, 0.29) is 6.04 Å². The molecule has 7 nitrogen and oxygen atoms in total. The molecule has 2 rings (SSSR count). The lowest BCUT2D eigenvalue weighted by Gasteiger charge is -2.38. The largest absolute Gasteiger partial charge is 0.330 e. The second-order valence-corrected chi connectivity index (χ2v) is 8.08. The summed E-state index contributed by atoms with van der Waals surface area (Å²) in [5, 5.41) is 0. The van der Waals surface area contributed by atoms with Crippen molar-refractivity contribution in [2.75, 3.05) is 59.9 Å². The molecule has 0 radical (unpaired) electrons. The summed E-state index contributed by atoms with van der Waals surface area (Å²) in [5.41, 5.74) is 5.65. The lowest BCUT2D eigenvalue weighted by Crippen LogP contribution is -2.56. The van der Waals surface area contributed by atoms with Crippen LogP contribution in [-0.2, 0) is 10.2 Å². The quantitative estimate of drug-likeness (QED) is 0.661. The van der Waals surface area contributed by atoms with Gasteiger partial charge in [0.25, 0.3) is 10.2 Å². The van der Waals surface area contributed by atoms with Gasteiger partial charge >= 0.3 is 0 Å². The van der Waals surface area contributed by atoms with E-state index in [4.69, 9.17) is 5.73 Å². The van der Waals surface area contributed by atoms with E-state index in [0.717, 1.165) is 32.5 Å². The number of hydrogen-bond acceptors (Lipinski definition) is 5. The van der Waals surface area contributed by atoms with Crippen LogP contribution in [0.4, 0.5) is 0 Å². The van der Waals surface area contributed by atoms with Gasteiger partial charge in [0.05, 0.1) is 0 Å². The zero-order valence-electron chi connectivity index (χ0n) is 13.2. The Morgan fingerprint density at radius 1 is 1.14 bits per heavy atom. The second-order valence-electron chi connectivity index (χ2n) is 6.33. The summed E-state index contributed by atoms with van der Waals surface area (Å²) in [7, 11) is 0.772. The maximum absolute atomic E-state index is 12.4. The molecular weight excluding hydrogens is 290 g/mol. The first-order valence-corrected chi connectivity index (χ1v) is 9.20. The van der Waals surface area contributed by atoms with Crippen LogP contribution < -0.4 is 10.5 Å². The van der Waals surface area contributed by atoms with Gasteiger partial charge < -0.3 is 10.6 Å². The van der Waals surface area contributed by atoms with E-state index in [2.05, 4.69) is 28.6 Å². The first-order valence-electron chi connectivity index (χ1n) is 7.76. The third-order valence-corrected chi connectivity index (χ3v) is 6.30. The molecule has 2 heterocycles. The molecule has 0 aliphatic carbocycles. The minimum Gasteiger partial charge on any atom is -0.330 e. The van der Waals surface area contributed by atoms with Crippen molar-refractivity contribution in [1.82, 2.24) is 18.8 Å². The van der Waals surface area contributed by atoms with E-state index < -0.39 is 10.2 Å². The van der Waals surface area contributed by atoms with Crippen LogP contribution in [0.25, 0.3) is 0 Å². The predicted octanol–water partition coefficient (Wildman–Crippen LogP) is -1.26. The summed E-state index contributed by atoms with van der Waals surface area (Å²) in [6.07, 6.45) is 1.73. The predicted molar refractivity (Wildman–Crippen MR) is 84.2 cm³/mol. The molecule has 1 atom stereocenters. The first kappa shape index (κ1) is 17.1. The molecule has 3 N–H and O–H groups in total. The normalized spacial score (nSPS) is 28.0. The van der Waals surface area contributed by atoms with Crippen molar-refractivity contribution < 1.29 is 8.42 Å². The number of rotatable bonds is 5. The molecule has 2 aliphatic rings. The Labute approximate surface area is 128 Å². The SMILES string of the molecule is CN1CCN(C)C(CNS(=O)(=O)N2CCC(CN)CC2)C1. The van der Waals surface area contributed by atoms with Gasteiger partial charge in [0, 0.05) is 45.3 Å². The van der Waals surface area contributed by atoms with E-state index in [1.807, 2.05) is 0 Å². The van der Waals surface area contributed by atoms with Crippen LogP contribution in [0.5, 0.6) is 0 Å². The maximum atomic E-state index is 12.4.